The van der Waals surface area contributed by atoms with Gasteiger partial charge in [-0.2, -0.15) is 4.31 Å². The summed E-state index contributed by atoms with van der Waals surface area (Å²) in [5, 5.41) is 0.883. The molecule has 2 heterocycles. The van der Waals surface area contributed by atoms with Gasteiger partial charge >= 0.3 is 0 Å². The molecule has 0 bridgehead atoms. The normalized spacial score (nSPS) is 17.2. The highest BCUT2D eigenvalue weighted by Gasteiger charge is 2.30. The fraction of sp³-hybridized carbons (Fsp3) is 0.423. The molecule has 0 spiro atoms. The molecule has 0 unspecified atom stereocenters. The maximum Gasteiger partial charge on any atom is 0.252 e. The number of para-hydroxylation sites is 1. The summed E-state index contributed by atoms with van der Waals surface area (Å²) in [6, 6.07) is 14.6. The summed E-state index contributed by atoms with van der Waals surface area (Å²) in [6.07, 6.45) is 1.55. The molecule has 0 saturated carbocycles. The zero-order valence-corrected chi connectivity index (χ0v) is 20.5. The zero-order valence-electron chi connectivity index (χ0n) is 19.7. The second kappa shape index (κ2) is 9.05. The first-order chi connectivity index (χ1) is 15.6. The first-order valence-corrected chi connectivity index (χ1v) is 12.8. The van der Waals surface area contributed by atoms with Gasteiger partial charge in [0.05, 0.1) is 16.5 Å². The van der Waals surface area contributed by atoms with E-state index < -0.39 is 10.0 Å². The van der Waals surface area contributed by atoms with Gasteiger partial charge in [0.25, 0.3) is 5.56 Å². The van der Waals surface area contributed by atoms with Gasteiger partial charge in [-0.15, -0.1) is 0 Å². The lowest BCUT2D eigenvalue weighted by molar-refractivity contribution is 0.0925. The van der Waals surface area contributed by atoms with E-state index >= 15 is 0 Å². The number of pyridine rings is 1. The lowest BCUT2D eigenvalue weighted by Gasteiger charge is -2.25. The van der Waals surface area contributed by atoms with Crippen LogP contribution in [-0.4, -0.2) is 37.0 Å². The maximum absolute atomic E-state index is 13.7. The Morgan fingerprint density at radius 3 is 2.48 bits per heavy atom. The highest BCUT2D eigenvalue weighted by Crippen LogP contribution is 2.26. The van der Waals surface area contributed by atoms with Crippen molar-refractivity contribution in [2.75, 3.05) is 13.2 Å². The molecule has 1 fully saturated rings. The van der Waals surface area contributed by atoms with Crippen LogP contribution in [0.5, 0.6) is 0 Å². The van der Waals surface area contributed by atoms with Gasteiger partial charge in [-0.1, -0.05) is 51.1 Å². The summed E-state index contributed by atoms with van der Waals surface area (Å²) in [5.74, 6) is 0. The van der Waals surface area contributed by atoms with Crippen molar-refractivity contribution in [2.45, 2.75) is 63.5 Å². The Balaban J connectivity index is 1.71. The third kappa shape index (κ3) is 5.05. The van der Waals surface area contributed by atoms with E-state index in [0.29, 0.717) is 12.2 Å². The minimum atomic E-state index is -3.83. The summed E-state index contributed by atoms with van der Waals surface area (Å²) < 4.78 is 34.5. The highest BCUT2D eigenvalue weighted by molar-refractivity contribution is 7.89. The second-order valence-electron chi connectivity index (χ2n) is 9.87. The predicted octanol–water partition coefficient (Wildman–Crippen LogP) is 4.50. The SMILES string of the molecule is Cc1cccc2cc(CN(C[C@@H]3CCCO3)S(=O)(=O)c3ccc(C(C)(C)C)cc3)c(=O)[nH]c12. The number of H-pyrrole nitrogens is 1. The Labute approximate surface area is 195 Å². The Morgan fingerprint density at radius 1 is 1.12 bits per heavy atom. The maximum atomic E-state index is 13.7. The average molecular weight is 469 g/mol. The molecule has 6 nitrogen and oxygen atoms in total. The van der Waals surface area contributed by atoms with Crippen LogP contribution in [0.2, 0.25) is 0 Å². The number of nitrogens with one attached hydrogen (secondary N) is 1. The summed E-state index contributed by atoms with van der Waals surface area (Å²) >= 11 is 0. The van der Waals surface area contributed by atoms with Crippen LogP contribution in [0.15, 0.2) is 58.2 Å². The molecule has 7 heteroatoms. The number of aromatic nitrogens is 1. The fourth-order valence-corrected chi connectivity index (χ4v) is 5.72. The number of ether oxygens (including phenoxy) is 1. The molecule has 4 rings (SSSR count). The number of fused-ring (bicyclic) bond motifs is 1. The van der Waals surface area contributed by atoms with E-state index in [1.807, 2.05) is 37.3 Å². The third-order valence-electron chi connectivity index (χ3n) is 6.30. The minimum Gasteiger partial charge on any atom is -0.377 e. The molecular formula is C26H32N2O4S. The van der Waals surface area contributed by atoms with Crippen molar-refractivity contribution in [3.63, 3.8) is 0 Å². The molecule has 0 radical (unpaired) electrons. The molecule has 1 aliphatic heterocycles. The van der Waals surface area contributed by atoms with Crippen LogP contribution in [0, 0.1) is 6.92 Å². The van der Waals surface area contributed by atoms with Gasteiger partial charge in [-0.05, 0) is 59.9 Å². The lowest BCUT2D eigenvalue weighted by Crippen LogP contribution is -2.38. The fourth-order valence-electron chi connectivity index (χ4n) is 4.28. The van der Waals surface area contributed by atoms with Crippen LogP contribution in [0.3, 0.4) is 0 Å². The van der Waals surface area contributed by atoms with E-state index in [1.54, 1.807) is 18.2 Å². The van der Waals surface area contributed by atoms with E-state index in [9.17, 15) is 13.2 Å². The Morgan fingerprint density at radius 2 is 1.85 bits per heavy atom. The van der Waals surface area contributed by atoms with E-state index in [-0.39, 0.29) is 35.1 Å². The molecule has 1 aromatic heterocycles. The topological polar surface area (TPSA) is 79.5 Å². The average Bonchev–Trinajstić information content (AvgIpc) is 3.27. The Hall–Kier alpha value is -2.48. The minimum absolute atomic E-state index is 0.0115. The van der Waals surface area contributed by atoms with Crippen molar-refractivity contribution in [2.24, 2.45) is 0 Å². The van der Waals surface area contributed by atoms with Gasteiger partial charge in [-0.3, -0.25) is 4.79 Å². The summed E-state index contributed by atoms with van der Waals surface area (Å²) in [6.45, 7) is 9.05. The van der Waals surface area contributed by atoms with Crippen LogP contribution in [0.1, 0.15) is 50.3 Å². The predicted molar refractivity (Wildman–Crippen MR) is 131 cm³/mol. The molecule has 1 aliphatic rings. The molecule has 2 aromatic carbocycles. The highest BCUT2D eigenvalue weighted by atomic mass is 32.2. The monoisotopic (exact) mass is 468 g/mol. The second-order valence-corrected chi connectivity index (χ2v) is 11.8. The molecule has 3 aromatic rings. The quantitative estimate of drug-likeness (QED) is 0.578. The first kappa shape index (κ1) is 23.7. The number of sulfonamides is 1. The van der Waals surface area contributed by atoms with Gasteiger partial charge in [0.15, 0.2) is 0 Å². The standard InChI is InChI=1S/C26H32N2O4S/c1-18-7-5-8-19-15-20(25(29)27-24(18)19)16-28(17-22-9-6-14-32-22)33(30,31)23-12-10-21(11-13-23)26(2,3)4/h5,7-8,10-13,15,22H,6,9,14,16-17H2,1-4H3,(H,27,29)/t22-/m0/s1. The Kier molecular flexibility index (Phi) is 6.49. The number of hydrogen-bond acceptors (Lipinski definition) is 4. The third-order valence-corrected chi connectivity index (χ3v) is 8.13. The zero-order chi connectivity index (χ0) is 23.8. The van der Waals surface area contributed by atoms with Gasteiger partial charge in [-0.25, -0.2) is 8.42 Å². The van der Waals surface area contributed by atoms with Crippen LogP contribution in [0.4, 0.5) is 0 Å². The molecule has 1 atom stereocenters. The molecular weight excluding hydrogens is 436 g/mol. The number of hydrogen-bond donors (Lipinski definition) is 1. The first-order valence-electron chi connectivity index (χ1n) is 11.4. The van der Waals surface area contributed by atoms with Crippen molar-refractivity contribution in [3.8, 4) is 0 Å². The van der Waals surface area contributed by atoms with Crippen molar-refractivity contribution in [1.82, 2.24) is 9.29 Å². The largest absolute Gasteiger partial charge is 0.377 e. The van der Waals surface area contributed by atoms with Gasteiger partial charge in [0.2, 0.25) is 10.0 Å². The van der Waals surface area contributed by atoms with Crippen LogP contribution >= 0.6 is 0 Å². The van der Waals surface area contributed by atoms with Crippen LogP contribution in [-0.2, 0) is 26.7 Å². The molecule has 1 saturated heterocycles. The van der Waals surface area contributed by atoms with Crippen molar-refractivity contribution in [3.05, 3.63) is 75.6 Å². The number of benzene rings is 2. The summed E-state index contributed by atoms with van der Waals surface area (Å²) in [7, 11) is -3.83. The van der Waals surface area contributed by atoms with Crippen molar-refractivity contribution >= 4 is 20.9 Å². The number of aryl methyl sites for hydroxylation is 1. The number of nitrogens with zero attached hydrogens (tertiary/aromatic N) is 1. The Bertz CT molecular complexity index is 1300. The molecule has 0 amide bonds. The van der Waals surface area contributed by atoms with Gasteiger partial charge in [0.1, 0.15) is 0 Å². The summed E-state index contributed by atoms with van der Waals surface area (Å²) in [5.41, 5.74) is 2.88. The number of aromatic amines is 1. The van der Waals surface area contributed by atoms with Crippen molar-refractivity contribution < 1.29 is 13.2 Å². The molecule has 33 heavy (non-hydrogen) atoms. The van der Waals surface area contributed by atoms with Gasteiger partial charge in [0, 0.05) is 25.3 Å². The summed E-state index contributed by atoms with van der Waals surface area (Å²) in [4.78, 5) is 16.0. The van der Waals surface area contributed by atoms with Crippen molar-refractivity contribution in [1.29, 1.82) is 0 Å². The van der Waals surface area contributed by atoms with E-state index in [2.05, 4.69) is 25.8 Å². The lowest BCUT2D eigenvalue weighted by atomic mass is 9.87. The van der Waals surface area contributed by atoms with E-state index in [1.165, 1.54) is 4.31 Å². The molecule has 176 valence electrons. The molecule has 0 aliphatic carbocycles. The van der Waals surface area contributed by atoms with Crippen LogP contribution < -0.4 is 5.56 Å². The van der Waals surface area contributed by atoms with Gasteiger partial charge < -0.3 is 9.72 Å². The van der Waals surface area contributed by atoms with Crippen LogP contribution in [0.25, 0.3) is 10.9 Å². The van der Waals surface area contributed by atoms with E-state index in [0.717, 1.165) is 34.9 Å². The number of rotatable bonds is 6. The molecule has 1 N–H and O–H groups in total. The van der Waals surface area contributed by atoms with E-state index in [4.69, 9.17) is 4.74 Å². The smallest absolute Gasteiger partial charge is 0.252 e.